The molecule has 0 aromatic heterocycles. The van der Waals surface area contributed by atoms with Crippen LogP contribution in [0.2, 0.25) is 0 Å². The number of esters is 1. The van der Waals surface area contributed by atoms with E-state index in [2.05, 4.69) is 0 Å². The Kier molecular flexibility index (Phi) is 1.98. The minimum Gasteiger partial charge on any atom is -0.461 e. The predicted octanol–water partition coefficient (Wildman–Crippen LogP) is 0.773. The zero-order chi connectivity index (χ0) is 8.59. The van der Waals surface area contributed by atoms with Crippen LogP contribution in [0.5, 0.6) is 0 Å². The van der Waals surface area contributed by atoms with Gasteiger partial charge in [-0.1, -0.05) is 6.92 Å². The molecule has 0 aliphatic carbocycles. The molecule has 0 unspecified atom stereocenters. The number of carbonyl (C=O) groups is 2. The van der Waals surface area contributed by atoms with Crippen LogP contribution in [0.15, 0.2) is 0 Å². The molecule has 3 nitrogen and oxygen atoms in total. The van der Waals surface area contributed by atoms with E-state index in [1.54, 1.807) is 20.8 Å². The Morgan fingerprint density at radius 3 is 2.27 bits per heavy atom. The van der Waals surface area contributed by atoms with Crippen molar-refractivity contribution in [2.24, 2.45) is 11.8 Å². The lowest BCUT2D eigenvalue weighted by Crippen LogP contribution is -2.42. The zero-order valence-electron chi connectivity index (χ0n) is 6.96. The summed E-state index contributed by atoms with van der Waals surface area (Å²) in [5.41, 5.74) is 0. The fraction of sp³-hybridized carbons (Fsp3) is 0.750. The maximum atomic E-state index is 11.2. The molecule has 1 aliphatic heterocycles. The van der Waals surface area contributed by atoms with Crippen molar-refractivity contribution in [3.05, 3.63) is 0 Å². The first-order valence-electron chi connectivity index (χ1n) is 3.78. The maximum Gasteiger partial charge on any atom is 0.316 e. The number of rotatable bonds is 0. The SMILES string of the molecule is C[C@@H]1C(=O)O[C@H](C)[C@H](C)C1=O. The second-order valence-corrected chi connectivity index (χ2v) is 3.05. The highest BCUT2D eigenvalue weighted by atomic mass is 16.5. The molecular weight excluding hydrogens is 144 g/mol. The molecule has 1 saturated heterocycles. The van der Waals surface area contributed by atoms with Gasteiger partial charge in [-0.05, 0) is 13.8 Å². The molecule has 3 atom stereocenters. The maximum absolute atomic E-state index is 11.2. The molecule has 0 N–H and O–H groups in total. The molecule has 0 bridgehead atoms. The van der Waals surface area contributed by atoms with Crippen molar-refractivity contribution in [1.29, 1.82) is 0 Å². The molecule has 1 heterocycles. The average molecular weight is 156 g/mol. The molecule has 3 heteroatoms. The molecule has 11 heavy (non-hydrogen) atoms. The lowest BCUT2D eigenvalue weighted by Gasteiger charge is -2.27. The zero-order valence-corrected chi connectivity index (χ0v) is 6.96. The summed E-state index contributed by atoms with van der Waals surface area (Å²) in [7, 11) is 0. The largest absolute Gasteiger partial charge is 0.461 e. The molecule has 0 aromatic rings. The highest BCUT2D eigenvalue weighted by Gasteiger charge is 2.37. The molecule has 0 saturated carbocycles. The van der Waals surface area contributed by atoms with Gasteiger partial charge in [0.25, 0.3) is 0 Å². The average Bonchev–Trinajstić information content (AvgIpc) is 1.97. The Bertz CT molecular complexity index is 198. The molecule has 1 aliphatic rings. The predicted molar refractivity (Wildman–Crippen MR) is 38.9 cm³/mol. The number of hydrogen-bond donors (Lipinski definition) is 0. The third kappa shape index (κ3) is 1.27. The number of ether oxygens (including phenoxy) is 1. The third-order valence-electron chi connectivity index (χ3n) is 2.24. The van der Waals surface area contributed by atoms with E-state index in [1.165, 1.54) is 0 Å². The van der Waals surface area contributed by atoms with E-state index in [1.807, 2.05) is 0 Å². The Hall–Kier alpha value is -0.860. The first-order chi connectivity index (χ1) is 5.04. The highest BCUT2D eigenvalue weighted by Crippen LogP contribution is 2.21. The van der Waals surface area contributed by atoms with Gasteiger partial charge >= 0.3 is 5.97 Å². The number of hydrogen-bond acceptors (Lipinski definition) is 3. The van der Waals surface area contributed by atoms with Gasteiger partial charge in [-0.2, -0.15) is 0 Å². The number of carbonyl (C=O) groups excluding carboxylic acids is 2. The van der Waals surface area contributed by atoms with Crippen molar-refractivity contribution in [3.8, 4) is 0 Å². The van der Waals surface area contributed by atoms with Crippen LogP contribution in [0.3, 0.4) is 0 Å². The highest BCUT2D eigenvalue weighted by molar-refractivity contribution is 6.01. The van der Waals surface area contributed by atoms with Crippen molar-refractivity contribution in [2.45, 2.75) is 26.9 Å². The Morgan fingerprint density at radius 2 is 1.73 bits per heavy atom. The van der Waals surface area contributed by atoms with Gasteiger partial charge in [-0.25, -0.2) is 0 Å². The monoisotopic (exact) mass is 156 g/mol. The van der Waals surface area contributed by atoms with E-state index in [4.69, 9.17) is 4.74 Å². The van der Waals surface area contributed by atoms with Crippen molar-refractivity contribution >= 4 is 11.8 Å². The van der Waals surface area contributed by atoms with Crippen molar-refractivity contribution in [3.63, 3.8) is 0 Å². The number of ketones is 1. The standard InChI is InChI=1S/C8H12O3/c1-4-6(3)11-8(10)5(2)7(4)9/h4-6H,1-3H3/t4-,5-,6+/m0/s1. The first-order valence-corrected chi connectivity index (χ1v) is 3.78. The smallest absolute Gasteiger partial charge is 0.316 e. The summed E-state index contributed by atoms with van der Waals surface area (Å²) >= 11 is 0. The quantitative estimate of drug-likeness (QED) is 0.384. The van der Waals surface area contributed by atoms with Gasteiger partial charge in [0, 0.05) is 0 Å². The van der Waals surface area contributed by atoms with Crippen LogP contribution < -0.4 is 0 Å². The lowest BCUT2D eigenvalue weighted by molar-refractivity contribution is -0.167. The van der Waals surface area contributed by atoms with Crippen LogP contribution in [0, 0.1) is 11.8 Å². The Morgan fingerprint density at radius 1 is 1.18 bits per heavy atom. The van der Waals surface area contributed by atoms with E-state index < -0.39 is 5.92 Å². The van der Waals surface area contributed by atoms with E-state index in [0.29, 0.717) is 0 Å². The van der Waals surface area contributed by atoms with Crippen LogP contribution in [-0.4, -0.2) is 17.9 Å². The van der Waals surface area contributed by atoms with Gasteiger partial charge in [0.2, 0.25) is 0 Å². The summed E-state index contributed by atoms with van der Waals surface area (Å²) in [4.78, 5) is 22.2. The van der Waals surface area contributed by atoms with Gasteiger partial charge in [0.1, 0.15) is 12.0 Å². The van der Waals surface area contributed by atoms with E-state index >= 15 is 0 Å². The number of Topliss-reactive ketones (excluding diaryl/α,β-unsaturated/α-hetero) is 1. The minimum atomic E-state index is -0.568. The van der Waals surface area contributed by atoms with Crippen LogP contribution >= 0.6 is 0 Å². The van der Waals surface area contributed by atoms with Gasteiger partial charge in [-0.15, -0.1) is 0 Å². The molecule has 0 aromatic carbocycles. The van der Waals surface area contributed by atoms with Gasteiger partial charge in [0.05, 0.1) is 5.92 Å². The second kappa shape index (κ2) is 2.64. The molecule has 0 radical (unpaired) electrons. The van der Waals surface area contributed by atoms with E-state index in [0.717, 1.165) is 0 Å². The Balaban J connectivity index is 2.79. The molecule has 0 amide bonds. The number of cyclic esters (lactones) is 1. The van der Waals surface area contributed by atoms with Crippen LogP contribution in [0.1, 0.15) is 20.8 Å². The van der Waals surface area contributed by atoms with Crippen molar-refractivity contribution in [1.82, 2.24) is 0 Å². The van der Waals surface area contributed by atoms with Crippen molar-refractivity contribution in [2.75, 3.05) is 0 Å². The first kappa shape index (κ1) is 8.24. The van der Waals surface area contributed by atoms with E-state index in [-0.39, 0.29) is 23.8 Å². The fourth-order valence-corrected chi connectivity index (χ4v) is 1.13. The lowest BCUT2D eigenvalue weighted by atomic mass is 9.89. The van der Waals surface area contributed by atoms with Crippen LogP contribution in [0.25, 0.3) is 0 Å². The van der Waals surface area contributed by atoms with Gasteiger partial charge in [0.15, 0.2) is 5.78 Å². The molecule has 1 rings (SSSR count). The second-order valence-electron chi connectivity index (χ2n) is 3.05. The van der Waals surface area contributed by atoms with Gasteiger partial charge < -0.3 is 4.74 Å². The fourth-order valence-electron chi connectivity index (χ4n) is 1.13. The van der Waals surface area contributed by atoms with Gasteiger partial charge in [-0.3, -0.25) is 9.59 Å². The summed E-state index contributed by atoms with van der Waals surface area (Å²) in [6.07, 6.45) is -0.258. The van der Waals surface area contributed by atoms with Crippen molar-refractivity contribution < 1.29 is 14.3 Å². The van der Waals surface area contributed by atoms with Crippen LogP contribution in [0.4, 0.5) is 0 Å². The summed E-state index contributed by atoms with van der Waals surface area (Å²) in [5.74, 6) is -1.11. The summed E-state index contributed by atoms with van der Waals surface area (Å²) in [6.45, 7) is 5.12. The Labute approximate surface area is 65.7 Å². The molecule has 1 fully saturated rings. The summed E-state index contributed by atoms with van der Waals surface area (Å²) in [5, 5.41) is 0. The molecule has 0 spiro atoms. The summed E-state index contributed by atoms with van der Waals surface area (Å²) < 4.78 is 4.92. The minimum absolute atomic E-state index is 0.00579. The summed E-state index contributed by atoms with van der Waals surface area (Å²) in [6, 6.07) is 0. The van der Waals surface area contributed by atoms with E-state index in [9.17, 15) is 9.59 Å². The van der Waals surface area contributed by atoms with Crippen LogP contribution in [-0.2, 0) is 14.3 Å². The third-order valence-corrected chi connectivity index (χ3v) is 2.24. The molecular formula is C8H12O3. The normalized spacial score (nSPS) is 38.6. The topological polar surface area (TPSA) is 43.4 Å². The molecule has 62 valence electrons.